The predicted octanol–water partition coefficient (Wildman–Crippen LogP) is 3.16. The van der Waals surface area contributed by atoms with Gasteiger partial charge in [-0.1, -0.05) is 38.0 Å². The molecule has 1 fully saturated rings. The third-order valence-corrected chi connectivity index (χ3v) is 4.75. The summed E-state index contributed by atoms with van der Waals surface area (Å²) < 4.78 is 39.0. The Kier molecular flexibility index (Phi) is 6.08. The molecule has 0 aliphatic heterocycles. The van der Waals surface area contributed by atoms with Crippen LogP contribution < -0.4 is 10.6 Å². The van der Waals surface area contributed by atoms with Crippen molar-refractivity contribution in [1.29, 1.82) is 0 Å². The van der Waals surface area contributed by atoms with Gasteiger partial charge >= 0.3 is 6.18 Å². The molecule has 0 atom stereocenters. The van der Waals surface area contributed by atoms with Crippen molar-refractivity contribution in [2.24, 2.45) is 0 Å². The second-order valence-electron chi connectivity index (χ2n) is 6.47. The molecule has 0 spiro atoms. The molecule has 1 saturated carbocycles. The summed E-state index contributed by atoms with van der Waals surface area (Å²) in [6, 6.07) is 5.37. The molecule has 138 valence electrons. The molecule has 0 aromatic heterocycles. The molecule has 1 aliphatic rings. The van der Waals surface area contributed by atoms with Crippen LogP contribution in [0.5, 0.6) is 0 Å². The van der Waals surface area contributed by atoms with Crippen LogP contribution in [-0.4, -0.2) is 24.9 Å². The molecule has 1 aromatic carbocycles. The zero-order valence-corrected chi connectivity index (χ0v) is 14.2. The lowest BCUT2D eigenvalue weighted by molar-refractivity contribution is -0.137. The van der Waals surface area contributed by atoms with Gasteiger partial charge in [0.15, 0.2) is 0 Å². The van der Waals surface area contributed by atoms with E-state index in [1.165, 1.54) is 12.1 Å². The van der Waals surface area contributed by atoms with Gasteiger partial charge in [0, 0.05) is 18.4 Å². The SMILES string of the molecule is CCC(=O)NCC(=O)NCC1(c2cccc(C(F)(F)F)c2)CCCC1. The average Bonchev–Trinajstić information content (AvgIpc) is 3.07. The predicted molar refractivity (Wildman–Crippen MR) is 87.9 cm³/mol. The van der Waals surface area contributed by atoms with Crippen LogP contribution in [0, 0.1) is 0 Å². The van der Waals surface area contributed by atoms with Crippen molar-refractivity contribution in [2.75, 3.05) is 13.1 Å². The number of amides is 2. The Bertz CT molecular complexity index is 623. The second kappa shape index (κ2) is 7.89. The van der Waals surface area contributed by atoms with Gasteiger partial charge in [-0.15, -0.1) is 0 Å². The zero-order chi connectivity index (χ0) is 18.5. The van der Waals surface area contributed by atoms with E-state index >= 15 is 0 Å². The summed E-state index contributed by atoms with van der Waals surface area (Å²) in [5.74, 6) is -0.552. The maximum Gasteiger partial charge on any atom is 0.416 e. The summed E-state index contributed by atoms with van der Waals surface area (Å²) in [5, 5.41) is 5.26. The Morgan fingerprint density at radius 1 is 1.12 bits per heavy atom. The van der Waals surface area contributed by atoms with E-state index in [0.29, 0.717) is 12.0 Å². The van der Waals surface area contributed by atoms with Gasteiger partial charge in [-0.25, -0.2) is 0 Å². The van der Waals surface area contributed by atoms with Crippen LogP contribution in [0.2, 0.25) is 0 Å². The van der Waals surface area contributed by atoms with Crippen LogP contribution in [0.3, 0.4) is 0 Å². The van der Waals surface area contributed by atoms with Gasteiger partial charge in [0.05, 0.1) is 12.1 Å². The molecule has 0 heterocycles. The van der Waals surface area contributed by atoms with Crippen LogP contribution in [-0.2, 0) is 21.2 Å². The van der Waals surface area contributed by atoms with E-state index in [9.17, 15) is 22.8 Å². The number of benzene rings is 1. The first-order chi connectivity index (χ1) is 11.8. The normalized spacial score (nSPS) is 16.5. The van der Waals surface area contributed by atoms with Gasteiger partial charge in [-0.2, -0.15) is 13.2 Å². The van der Waals surface area contributed by atoms with Crippen molar-refractivity contribution in [3.05, 3.63) is 35.4 Å². The highest BCUT2D eigenvalue weighted by atomic mass is 19.4. The highest BCUT2D eigenvalue weighted by Crippen LogP contribution is 2.42. The molecule has 0 radical (unpaired) electrons. The lowest BCUT2D eigenvalue weighted by Gasteiger charge is -2.30. The van der Waals surface area contributed by atoms with Crippen LogP contribution in [0.1, 0.15) is 50.2 Å². The minimum absolute atomic E-state index is 0.120. The number of hydrogen-bond acceptors (Lipinski definition) is 2. The fourth-order valence-corrected chi connectivity index (χ4v) is 3.28. The molecule has 4 nitrogen and oxygen atoms in total. The zero-order valence-electron chi connectivity index (χ0n) is 14.2. The van der Waals surface area contributed by atoms with Gasteiger partial charge in [-0.3, -0.25) is 9.59 Å². The smallest absolute Gasteiger partial charge is 0.354 e. The van der Waals surface area contributed by atoms with E-state index in [0.717, 1.165) is 31.7 Å². The third kappa shape index (κ3) is 4.96. The maximum absolute atomic E-state index is 13.0. The largest absolute Gasteiger partial charge is 0.416 e. The van der Waals surface area contributed by atoms with Crippen LogP contribution in [0.4, 0.5) is 13.2 Å². The van der Waals surface area contributed by atoms with Crippen LogP contribution in [0.15, 0.2) is 24.3 Å². The highest BCUT2D eigenvalue weighted by molar-refractivity contribution is 5.84. The Morgan fingerprint density at radius 2 is 1.80 bits per heavy atom. The van der Waals surface area contributed by atoms with Crippen molar-refractivity contribution in [3.63, 3.8) is 0 Å². The number of hydrogen-bond donors (Lipinski definition) is 2. The maximum atomic E-state index is 13.0. The summed E-state index contributed by atoms with van der Waals surface area (Å²) in [6.45, 7) is 1.84. The molecule has 2 N–H and O–H groups in total. The van der Waals surface area contributed by atoms with Crippen LogP contribution in [0.25, 0.3) is 0 Å². The molecule has 0 saturated heterocycles. The number of halogens is 3. The Morgan fingerprint density at radius 3 is 2.40 bits per heavy atom. The highest BCUT2D eigenvalue weighted by Gasteiger charge is 2.38. The lowest BCUT2D eigenvalue weighted by Crippen LogP contribution is -2.43. The molecule has 2 rings (SSSR count). The van der Waals surface area contributed by atoms with Crippen molar-refractivity contribution in [2.45, 2.75) is 50.6 Å². The van der Waals surface area contributed by atoms with Gasteiger partial charge in [0.1, 0.15) is 0 Å². The van der Waals surface area contributed by atoms with Crippen LogP contribution >= 0.6 is 0 Å². The fraction of sp³-hybridized carbons (Fsp3) is 0.556. The minimum Gasteiger partial charge on any atom is -0.354 e. The van der Waals surface area contributed by atoms with E-state index in [1.54, 1.807) is 13.0 Å². The molecule has 2 amide bonds. The topological polar surface area (TPSA) is 58.2 Å². The Labute approximate surface area is 145 Å². The molecular formula is C18H23F3N2O2. The number of rotatable bonds is 6. The molecule has 7 heteroatoms. The number of nitrogens with one attached hydrogen (secondary N) is 2. The average molecular weight is 356 g/mol. The first kappa shape index (κ1) is 19.3. The molecule has 25 heavy (non-hydrogen) atoms. The van der Waals surface area contributed by atoms with Crippen molar-refractivity contribution in [1.82, 2.24) is 10.6 Å². The quantitative estimate of drug-likeness (QED) is 0.823. The van der Waals surface area contributed by atoms with E-state index in [-0.39, 0.29) is 24.9 Å². The summed E-state index contributed by atoms with van der Waals surface area (Å²) in [4.78, 5) is 23.1. The van der Waals surface area contributed by atoms with E-state index in [2.05, 4.69) is 10.6 Å². The monoisotopic (exact) mass is 356 g/mol. The minimum atomic E-state index is -4.39. The number of carbonyl (C=O) groups excluding carboxylic acids is 2. The fourth-order valence-electron chi connectivity index (χ4n) is 3.28. The Balaban J connectivity index is 2.09. The van der Waals surface area contributed by atoms with Gasteiger partial charge in [-0.05, 0) is 24.5 Å². The molecular weight excluding hydrogens is 333 g/mol. The van der Waals surface area contributed by atoms with E-state index in [4.69, 9.17) is 0 Å². The third-order valence-electron chi connectivity index (χ3n) is 4.75. The molecule has 1 aliphatic carbocycles. The first-order valence-electron chi connectivity index (χ1n) is 8.48. The standard InChI is InChI=1S/C18H23F3N2O2/c1-2-15(24)22-11-16(25)23-12-17(8-3-4-9-17)13-6-5-7-14(10-13)18(19,20)21/h5-7,10H,2-4,8-9,11-12H2,1H3,(H,22,24)(H,23,25). The van der Waals surface area contributed by atoms with E-state index < -0.39 is 17.2 Å². The van der Waals surface area contributed by atoms with Crippen molar-refractivity contribution >= 4 is 11.8 Å². The summed E-state index contributed by atoms with van der Waals surface area (Å²) in [5.41, 5.74) is -0.540. The number of carbonyl (C=O) groups is 2. The second-order valence-corrected chi connectivity index (χ2v) is 6.47. The molecule has 1 aromatic rings. The van der Waals surface area contributed by atoms with Gasteiger partial charge in [0.25, 0.3) is 0 Å². The van der Waals surface area contributed by atoms with E-state index in [1.807, 2.05) is 0 Å². The molecule has 0 bridgehead atoms. The summed E-state index contributed by atoms with van der Waals surface area (Å²) in [6.07, 6.45) is -0.797. The van der Waals surface area contributed by atoms with Crippen molar-refractivity contribution < 1.29 is 22.8 Å². The molecule has 0 unspecified atom stereocenters. The summed E-state index contributed by atoms with van der Waals surface area (Å²) >= 11 is 0. The van der Waals surface area contributed by atoms with Gasteiger partial charge in [0.2, 0.25) is 11.8 Å². The Hall–Kier alpha value is -2.05. The lowest BCUT2D eigenvalue weighted by atomic mass is 9.78. The summed E-state index contributed by atoms with van der Waals surface area (Å²) in [7, 11) is 0. The van der Waals surface area contributed by atoms with Crippen molar-refractivity contribution in [3.8, 4) is 0 Å². The number of alkyl halides is 3. The first-order valence-corrected chi connectivity index (χ1v) is 8.48. The van der Waals surface area contributed by atoms with Gasteiger partial charge < -0.3 is 10.6 Å².